The summed E-state index contributed by atoms with van der Waals surface area (Å²) in [6.07, 6.45) is 1.47. The zero-order valence-corrected chi connectivity index (χ0v) is 13.0. The SMILES string of the molecule is CCC(CC)(CO)SCCNC(=O)OC(C)(C)C. The molecule has 108 valence electrons. The highest BCUT2D eigenvalue weighted by Crippen LogP contribution is 2.31. The van der Waals surface area contributed by atoms with E-state index >= 15 is 0 Å². The monoisotopic (exact) mass is 277 g/mol. The third-order valence-electron chi connectivity index (χ3n) is 2.76. The number of thioether (sulfide) groups is 1. The number of amides is 1. The van der Waals surface area contributed by atoms with E-state index in [1.807, 2.05) is 20.8 Å². The van der Waals surface area contributed by atoms with Crippen LogP contribution in [0.1, 0.15) is 47.5 Å². The van der Waals surface area contributed by atoms with Gasteiger partial charge in [0, 0.05) is 17.0 Å². The maximum absolute atomic E-state index is 11.4. The van der Waals surface area contributed by atoms with Gasteiger partial charge in [0.05, 0.1) is 6.61 Å². The van der Waals surface area contributed by atoms with Crippen molar-refractivity contribution in [3.63, 3.8) is 0 Å². The van der Waals surface area contributed by atoms with Crippen molar-refractivity contribution in [2.45, 2.75) is 57.8 Å². The molecule has 0 unspecified atom stereocenters. The van der Waals surface area contributed by atoms with Crippen LogP contribution in [-0.2, 0) is 4.74 Å². The number of alkyl carbamates (subject to hydrolysis) is 1. The molecule has 0 rings (SSSR count). The van der Waals surface area contributed by atoms with Gasteiger partial charge < -0.3 is 15.2 Å². The minimum Gasteiger partial charge on any atom is -0.444 e. The third-order valence-corrected chi connectivity index (χ3v) is 4.48. The van der Waals surface area contributed by atoms with Crippen molar-refractivity contribution in [2.24, 2.45) is 0 Å². The number of carbonyl (C=O) groups excluding carboxylic acids is 1. The third kappa shape index (κ3) is 7.11. The van der Waals surface area contributed by atoms with Crippen molar-refractivity contribution in [3.8, 4) is 0 Å². The van der Waals surface area contributed by atoms with Gasteiger partial charge in [-0.05, 0) is 33.6 Å². The largest absolute Gasteiger partial charge is 0.444 e. The van der Waals surface area contributed by atoms with Gasteiger partial charge in [-0.1, -0.05) is 13.8 Å². The minimum absolute atomic E-state index is 0.0738. The van der Waals surface area contributed by atoms with E-state index in [0.29, 0.717) is 6.54 Å². The van der Waals surface area contributed by atoms with Gasteiger partial charge >= 0.3 is 6.09 Å². The zero-order valence-electron chi connectivity index (χ0n) is 12.2. The van der Waals surface area contributed by atoms with Crippen molar-refractivity contribution >= 4 is 17.9 Å². The first kappa shape index (κ1) is 17.6. The molecular formula is C13H27NO3S. The predicted octanol–water partition coefficient (Wildman–Crippen LogP) is 2.80. The second kappa shape index (κ2) is 7.89. The molecule has 0 aromatic carbocycles. The zero-order chi connectivity index (χ0) is 14.2. The summed E-state index contributed by atoms with van der Waals surface area (Å²) >= 11 is 1.71. The lowest BCUT2D eigenvalue weighted by atomic mass is 10.0. The van der Waals surface area contributed by atoms with Crippen LogP contribution in [0.5, 0.6) is 0 Å². The number of ether oxygens (including phenoxy) is 1. The molecule has 4 nitrogen and oxygen atoms in total. The first-order chi connectivity index (χ1) is 8.28. The second-order valence-electron chi connectivity index (χ2n) is 5.33. The van der Waals surface area contributed by atoms with Crippen molar-refractivity contribution in [3.05, 3.63) is 0 Å². The van der Waals surface area contributed by atoms with Gasteiger partial charge in [-0.2, -0.15) is 11.8 Å². The van der Waals surface area contributed by atoms with Crippen molar-refractivity contribution in [1.29, 1.82) is 0 Å². The maximum Gasteiger partial charge on any atom is 0.407 e. The van der Waals surface area contributed by atoms with Crippen molar-refractivity contribution < 1.29 is 14.6 Å². The standard InChI is InChI=1S/C13H27NO3S/c1-6-13(7-2,10-15)18-9-8-14-11(16)17-12(3,4)5/h15H,6-10H2,1-5H3,(H,14,16). The summed E-state index contributed by atoms with van der Waals surface area (Å²) in [6.45, 7) is 10.4. The van der Waals surface area contributed by atoms with Gasteiger partial charge in [0.25, 0.3) is 0 Å². The number of hydrogen-bond acceptors (Lipinski definition) is 4. The van der Waals surface area contributed by atoms with Gasteiger partial charge in [0.2, 0.25) is 0 Å². The Balaban J connectivity index is 3.89. The van der Waals surface area contributed by atoms with Gasteiger partial charge in [0.15, 0.2) is 0 Å². The van der Waals surface area contributed by atoms with Crippen molar-refractivity contribution in [1.82, 2.24) is 5.32 Å². The normalized spacial score (nSPS) is 12.3. The number of carbonyl (C=O) groups is 1. The average molecular weight is 277 g/mol. The van der Waals surface area contributed by atoms with Crippen LogP contribution in [0.25, 0.3) is 0 Å². The lowest BCUT2D eigenvalue weighted by Crippen LogP contribution is -2.35. The molecule has 0 fully saturated rings. The molecule has 0 radical (unpaired) electrons. The number of rotatable bonds is 7. The van der Waals surface area contributed by atoms with E-state index < -0.39 is 5.60 Å². The topological polar surface area (TPSA) is 58.6 Å². The smallest absolute Gasteiger partial charge is 0.407 e. The lowest BCUT2D eigenvalue weighted by Gasteiger charge is -2.28. The molecule has 18 heavy (non-hydrogen) atoms. The number of hydrogen-bond donors (Lipinski definition) is 2. The Morgan fingerprint density at radius 1 is 1.28 bits per heavy atom. The first-order valence-electron chi connectivity index (χ1n) is 6.50. The quantitative estimate of drug-likeness (QED) is 0.703. The van der Waals surface area contributed by atoms with E-state index in [9.17, 15) is 9.90 Å². The molecule has 2 N–H and O–H groups in total. The van der Waals surface area contributed by atoms with Crippen LogP contribution in [0.4, 0.5) is 4.79 Å². The number of nitrogens with one attached hydrogen (secondary N) is 1. The molecule has 0 saturated heterocycles. The molecule has 0 aliphatic rings. The Hall–Kier alpha value is -0.420. The summed E-state index contributed by atoms with van der Waals surface area (Å²) in [5.74, 6) is 0.779. The molecule has 0 aromatic rings. The predicted molar refractivity (Wildman–Crippen MR) is 77.1 cm³/mol. The van der Waals surface area contributed by atoms with Crippen LogP contribution in [0.15, 0.2) is 0 Å². The molecule has 0 atom stereocenters. The maximum atomic E-state index is 11.4. The highest BCUT2D eigenvalue weighted by Gasteiger charge is 2.25. The van der Waals surface area contributed by atoms with E-state index in [1.165, 1.54) is 0 Å². The molecule has 0 aliphatic carbocycles. The molecule has 0 spiro atoms. The van der Waals surface area contributed by atoms with E-state index in [-0.39, 0.29) is 17.4 Å². The van der Waals surface area contributed by atoms with E-state index in [0.717, 1.165) is 18.6 Å². The Morgan fingerprint density at radius 3 is 2.22 bits per heavy atom. The van der Waals surface area contributed by atoms with Crippen molar-refractivity contribution in [2.75, 3.05) is 18.9 Å². The van der Waals surface area contributed by atoms with Crippen LogP contribution >= 0.6 is 11.8 Å². The van der Waals surface area contributed by atoms with Crippen LogP contribution in [0, 0.1) is 0 Å². The summed E-state index contributed by atoms with van der Waals surface area (Å²) < 4.78 is 5.07. The summed E-state index contributed by atoms with van der Waals surface area (Å²) in [6, 6.07) is 0. The Bertz CT molecular complexity index is 239. The average Bonchev–Trinajstić information content (AvgIpc) is 2.28. The second-order valence-corrected chi connectivity index (χ2v) is 6.89. The van der Waals surface area contributed by atoms with E-state index in [2.05, 4.69) is 19.2 Å². The molecule has 0 bridgehead atoms. The first-order valence-corrected chi connectivity index (χ1v) is 7.49. The summed E-state index contributed by atoms with van der Waals surface area (Å²) in [5, 5.41) is 12.1. The highest BCUT2D eigenvalue weighted by molar-refractivity contribution is 8.00. The minimum atomic E-state index is -0.459. The van der Waals surface area contributed by atoms with Gasteiger partial charge in [0.1, 0.15) is 5.60 Å². The van der Waals surface area contributed by atoms with Crippen LogP contribution in [-0.4, -0.2) is 40.5 Å². The molecular weight excluding hydrogens is 250 g/mol. The van der Waals surface area contributed by atoms with E-state index in [1.54, 1.807) is 11.8 Å². The summed E-state index contributed by atoms with van der Waals surface area (Å²) in [4.78, 5) is 11.4. The number of aliphatic hydroxyl groups is 1. The van der Waals surface area contributed by atoms with Crippen LogP contribution in [0.3, 0.4) is 0 Å². The highest BCUT2D eigenvalue weighted by atomic mass is 32.2. The fourth-order valence-corrected chi connectivity index (χ4v) is 2.59. The molecule has 1 amide bonds. The fourth-order valence-electron chi connectivity index (χ4n) is 1.46. The fraction of sp³-hybridized carbons (Fsp3) is 0.923. The summed E-state index contributed by atoms with van der Waals surface area (Å²) in [5.41, 5.74) is -0.459. The van der Waals surface area contributed by atoms with Crippen LogP contribution < -0.4 is 5.32 Å². The van der Waals surface area contributed by atoms with Gasteiger partial charge in [-0.15, -0.1) is 0 Å². The van der Waals surface area contributed by atoms with Crippen LogP contribution in [0.2, 0.25) is 0 Å². The van der Waals surface area contributed by atoms with Gasteiger partial charge in [-0.3, -0.25) is 0 Å². The lowest BCUT2D eigenvalue weighted by molar-refractivity contribution is 0.0531. The van der Waals surface area contributed by atoms with Gasteiger partial charge in [-0.25, -0.2) is 4.79 Å². The van der Waals surface area contributed by atoms with E-state index in [4.69, 9.17) is 4.74 Å². The number of aliphatic hydroxyl groups excluding tert-OH is 1. The molecule has 0 aromatic heterocycles. The summed E-state index contributed by atoms with van der Waals surface area (Å²) in [7, 11) is 0. The molecule has 0 heterocycles. The Labute approximate surface area is 115 Å². The Morgan fingerprint density at radius 2 is 1.83 bits per heavy atom. The molecule has 5 heteroatoms. The Kier molecular flexibility index (Phi) is 7.71. The molecule has 0 saturated carbocycles. The molecule has 0 aliphatic heterocycles.